The second-order valence-corrected chi connectivity index (χ2v) is 10.5. The van der Waals surface area contributed by atoms with Crippen LogP contribution >= 0.6 is 0 Å². The second kappa shape index (κ2) is 9.96. The Labute approximate surface area is 207 Å². The Morgan fingerprint density at radius 3 is 2.26 bits per heavy atom. The number of nitrogens with zero attached hydrogens (tertiary/aromatic N) is 2. The van der Waals surface area contributed by atoms with Gasteiger partial charge in [-0.2, -0.15) is 0 Å². The molecule has 0 saturated carbocycles. The number of carboxylic acid groups (broad SMARTS) is 1. The van der Waals surface area contributed by atoms with Crippen LogP contribution in [0.5, 0.6) is 0 Å². The van der Waals surface area contributed by atoms with Crippen LogP contribution in [0.4, 0.5) is 11.4 Å². The van der Waals surface area contributed by atoms with Gasteiger partial charge in [0.1, 0.15) is 0 Å². The molecule has 1 atom stereocenters. The van der Waals surface area contributed by atoms with Crippen molar-refractivity contribution in [2.75, 3.05) is 16.2 Å². The van der Waals surface area contributed by atoms with Crippen LogP contribution < -0.4 is 9.62 Å². The molecule has 1 heterocycles. The van der Waals surface area contributed by atoms with Gasteiger partial charge in [-0.05, 0) is 93.6 Å². The molecule has 8 heteroatoms. The zero-order chi connectivity index (χ0) is 26.1. The number of aromatic nitrogens is 1. The zero-order valence-corrected chi connectivity index (χ0v) is 21.7. The number of nitrogens with one attached hydrogen (secondary N) is 1. The number of anilines is 2. The van der Waals surface area contributed by atoms with E-state index in [9.17, 15) is 18.3 Å². The topological polar surface area (TPSA) is 99.6 Å². The summed E-state index contributed by atoms with van der Waals surface area (Å²) in [6.45, 7) is 11.5. The van der Waals surface area contributed by atoms with Crippen molar-refractivity contribution in [1.82, 2.24) is 4.98 Å². The van der Waals surface area contributed by atoms with Gasteiger partial charge in [-0.15, -0.1) is 6.42 Å². The molecule has 0 fully saturated rings. The van der Waals surface area contributed by atoms with Crippen LogP contribution in [0, 0.1) is 47.0 Å². The van der Waals surface area contributed by atoms with Crippen molar-refractivity contribution in [2.45, 2.75) is 58.9 Å². The molecule has 0 amide bonds. The van der Waals surface area contributed by atoms with Crippen molar-refractivity contribution in [2.24, 2.45) is 0 Å². The summed E-state index contributed by atoms with van der Waals surface area (Å²) in [4.78, 5) is 17.9. The number of hydrogen-bond donors (Lipinski definition) is 2. The molecule has 3 aromatic rings. The van der Waals surface area contributed by atoms with Crippen molar-refractivity contribution in [3.63, 3.8) is 0 Å². The second-order valence-electron chi connectivity index (χ2n) is 8.87. The number of rotatable bonds is 8. The van der Waals surface area contributed by atoms with E-state index in [1.165, 1.54) is 0 Å². The van der Waals surface area contributed by atoms with Crippen LogP contribution in [0.3, 0.4) is 0 Å². The molecule has 35 heavy (non-hydrogen) atoms. The summed E-state index contributed by atoms with van der Waals surface area (Å²) >= 11 is 0. The molecule has 3 rings (SSSR count). The third-order valence-electron chi connectivity index (χ3n) is 6.77. The predicted molar refractivity (Wildman–Crippen MR) is 141 cm³/mol. The maximum absolute atomic E-state index is 13.6. The summed E-state index contributed by atoms with van der Waals surface area (Å²) in [7, 11) is -3.90. The Kier molecular flexibility index (Phi) is 7.41. The lowest BCUT2D eigenvalue weighted by Gasteiger charge is -2.29. The minimum absolute atomic E-state index is 0.102. The summed E-state index contributed by atoms with van der Waals surface area (Å²) in [5, 5.41) is 9.86. The smallest absolute Gasteiger partial charge is 0.305 e. The summed E-state index contributed by atoms with van der Waals surface area (Å²) < 4.78 is 30.0. The lowest BCUT2D eigenvalue weighted by atomic mass is 9.95. The molecule has 0 saturated heterocycles. The molecule has 0 spiro atoms. The molecule has 1 aromatic heterocycles. The fourth-order valence-corrected chi connectivity index (χ4v) is 6.16. The van der Waals surface area contributed by atoms with Crippen molar-refractivity contribution in [3.8, 4) is 12.3 Å². The van der Waals surface area contributed by atoms with Gasteiger partial charge in [0.15, 0.2) is 0 Å². The minimum Gasteiger partial charge on any atom is -0.481 e. The molecular formula is C27H31N3O4S. The molecule has 184 valence electrons. The lowest BCUT2D eigenvalue weighted by Crippen LogP contribution is -2.35. The van der Waals surface area contributed by atoms with Crippen molar-refractivity contribution < 1.29 is 18.3 Å². The monoisotopic (exact) mass is 493 g/mol. The van der Waals surface area contributed by atoms with Gasteiger partial charge in [0.2, 0.25) is 0 Å². The number of benzene rings is 2. The maximum atomic E-state index is 13.6. The van der Waals surface area contributed by atoms with Crippen molar-refractivity contribution >= 4 is 38.3 Å². The first kappa shape index (κ1) is 26.0. The minimum atomic E-state index is -3.90. The van der Waals surface area contributed by atoms with Crippen LogP contribution in [0.2, 0.25) is 0 Å². The first-order valence-corrected chi connectivity index (χ1v) is 12.8. The van der Waals surface area contributed by atoms with E-state index in [-0.39, 0.29) is 23.9 Å². The fourth-order valence-electron chi connectivity index (χ4n) is 4.48. The predicted octanol–water partition coefficient (Wildman–Crippen LogP) is 4.88. The van der Waals surface area contributed by atoms with E-state index in [2.05, 4.69) is 15.6 Å². The average Bonchev–Trinajstić information content (AvgIpc) is 2.79. The van der Waals surface area contributed by atoms with Gasteiger partial charge in [-0.3, -0.25) is 14.5 Å². The largest absolute Gasteiger partial charge is 0.481 e. The number of hydrogen-bond acceptors (Lipinski definition) is 5. The highest BCUT2D eigenvalue weighted by atomic mass is 32.2. The third-order valence-corrected chi connectivity index (χ3v) is 8.40. The van der Waals surface area contributed by atoms with Gasteiger partial charge < -0.3 is 10.0 Å². The van der Waals surface area contributed by atoms with E-state index < -0.39 is 16.0 Å². The van der Waals surface area contributed by atoms with Crippen molar-refractivity contribution in [3.05, 3.63) is 58.3 Å². The highest BCUT2D eigenvalue weighted by molar-refractivity contribution is 7.92. The molecule has 0 aliphatic heterocycles. The van der Waals surface area contributed by atoms with Gasteiger partial charge in [-0.25, -0.2) is 8.42 Å². The number of carbonyl (C=O) groups is 1. The van der Waals surface area contributed by atoms with Gasteiger partial charge in [0.05, 0.1) is 34.8 Å². The molecular weight excluding hydrogens is 462 g/mol. The number of pyridine rings is 1. The van der Waals surface area contributed by atoms with Gasteiger partial charge in [0.25, 0.3) is 10.0 Å². The Bertz CT molecular complexity index is 1430. The van der Waals surface area contributed by atoms with E-state index in [4.69, 9.17) is 6.42 Å². The molecule has 0 unspecified atom stereocenters. The summed E-state index contributed by atoms with van der Waals surface area (Å²) in [5.74, 6) is 1.65. The third kappa shape index (κ3) is 4.96. The maximum Gasteiger partial charge on any atom is 0.305 e. The van der Waals surface area contributed by atoms with E-state index in [1.807, 2.05) is 34.6 Å². The van der Waals surface area contributed by atoms with E-state index in [1.54, 1.807) is 42.3 Å². The molecule has 0 aliphatic carbocycles. The number of fused-ring (bicyclic) bond motifs is 1. The van der Waals surface area contributed by atoms with Crippen LogP contribution in [0.25, 0.3) is 10.9 Å². The standard InChI is InChI=1S/C27H31N3O4S/c1-8-14-30(16(2)15-25(31)32)24-12-11-23(22-10-9-13-28-26(22)24)29-35(33,34)27-20(6)18(4)17(3)19(5)21(27)7/h1,9-13,16,29H,14-15H2,2-7H3,(H,31,32)/t16-/m0/s1. The molecule has 0 radical (unpaired) electrons. The number of carboxylic acids is 1. The Morgan fingerprint density at radius 1 is 1.09 bits per heavy atom. The highest BCUT2D eigenvalue weighted by Gasteiger charge is 2.26. The molecule has 0 aliphatic rings. The Balaban J connectivity index is 2.15. The average molecular weight is 494 g/mol. The summed E-state index contributed by atoms with van der Waals surface area (Å²) in [6, 6.07) is 6.53. The van der Waals surface area contributed by atoms with Crippen LogP contribution in [0.1, 0.15) is 41.2 Å². The zero-order valence-electron chi connectivity index (χ0n) is 20.9. The van der Waals surface area contributed by atoms with Gasteiger partial charge >= 0.3 is 5.97 Å². The molecule has 0 bridgehead atoms. The van der Waals surface area contributed by atoms with Gasteiger partial charge in [-0.1, -0.05) is 5.92 Å². The lowest BCUT2D eigenvalue weighted by molar-refractivity contribution is -0.137. The molecule has 2 aromatic carbocycles. The molecule has 2 N–H and O–H groups in total. The molecule has 7 nitrogen and oxygen atoms in total. The van der Waals surface area contributed by atoms with Crippen LogP contribution in [0.15, 0.2) is 35.4 Å². The van der Waals surface area contributed by atoms with E-state index in [0.717, 1.165) is 27.8 Å². The highest BCUT2D eigenvalue weighted by Crippen LogP contribution is 2.35. The quantitative estimate of drug-likeness (QED) is 0.434. The van der Waals surface area contributed by atoms with Gasteiger partial charge in [0, 0.05) is 17.6 Å². The van der Waals surface area contributed by atoms with E-state index in [0.29, 0.717) is 22.3 Å². The summed E-state index contributed by atoms with van der Waals surface area (Å²) in [5.41, 5.74) is 6.00. The SMILES string of the molecule is C#CCN(c1ccc(NS(=O)(=O)c2c(C)c(C)c(C)c(C)c2C)c2cccnc12)[C@@H](C)CC(=O)O. The van der Waals surface area contributed by atoms with Crippen LogP contribution in [-0.2, 0) is 14.8 Å². The first-order chi connectivity index (χ1) is 16.4. The first-order valence-electron chi connectivity index (χ1n) is 11.3. The van der Waals surface area contributed by atoms with Crippen molar-refractivity contribution in [1.29, 1.82) is 0 Å². The normalized spacial score (nSPS) is 12.3. The fraction of sp³-hybridized carbons (Fsp3) is 0.333. The summed E-state index contributed by atoms with van der Waals surface area (Å²) in [6.07, 6.45) is 7.08. The number of aliphatic carboxylic acids is 1. The number of sulfonamides is 1. The number of terminal acetylenes is 1. The van der Waals surface area contributed by atoms with Crippen LogP contribution in [-0.4, -0.2) is 37.1 Å². The Hall–Kier alpha value is -3.57. The Morgan fingerprint density at radius 2 is 1.69 bits per heavy atom. The van der Waals surface area contributed by atoms with E-state index >= 15 is 0 Å².